The molecule has 2 aliphatic rings. The molecule has 112 valence electrons. The van der Waals surface area contributed by atoms with Gasteiger partial charge in [-0.2, -0.15) is 0 Å². The summed E-state index contributed by atoms with van der Waals surface area (Å²) in [5.74, 6) is -1.84. The molecule has 1 amide bonds. The number of aromatic nitrogens is 2. The Kier molecular flexibility index (Phi) is 3.77. The molecule has 1 aromatic rings. The molecule has 6 nitrogen and oxygen atoms in total. The summed E-state index contributed by atoms with van der Waals surface area (Å²) in [6, 6.07) is 0. The molecule has 2 bridgehead atoms. The summed E-state index contributed by atoms with van der Waals surface area (Å²) in [7, 11) is 0. The highest BCUT2D eigenvalue weighted by Crippen LogP contribution is 2.48. The average molecular weight is 289 g/mol. The number of amides is 1. The van der Waals surface area contributed by atoms with E-state index in [9.17, 15) is 14.7 Å². The number of fused-ring (bicyclic) bond motifs is 2. The number of hydrogen-bond donors (Lipinski definition) is 2. The highest BCUT2D eigenvalue weighted by atomic mass is 16.4. The molecule has 0 radical (unpaired) electrons. The maximum atomic E-state index is 12.3. The summed E-state index contributed by atoms with van der Waals surface area (Å²) in [4.78, 5) is 27.6. The number of rotatable bonds is 6. The minimum atomic E-state index is -0.856. The van der Waals surface area contributed by atoms with Gasteiger partial charge in [0, 0.05) is 25.5 Å². The van der Waals surface area contributed by atoms with Crippen LogP contribution in [0.5, 0.6) is 0 Å². The molecule has 0 unspecified atom stereocenters. The highest BCUT2D eigenvalue weighted by Gasteiger charge is 2.51. The van der Waals surface area contributed by atoms with E-state index < -0.39 is 17.8 Å². The summed E-state index contributed by atoms with van der Waals surface area (Å²) in [5, 5.41) is 12.2. The predicted octanol–water partition coefficient (Wildman–Crippen LogP) is 0.912. The van der Waals surface area contributed by atoms with Crippen molar-refractivity contribution in [3.63, 3.8) is 0 Å². The summed E-state index contributed by atoms with van der Waals surface area (Å²) >= 11 is 0. The molecule has 0 aromatic carbocycles. The third-order valence-electron chi connectivity index (χ3n) is 4.50. The molecule has 0 aliphatic heterocycles. The van der Waals surface area contributed by atoms with E-state index >= 15 is 0 Å². The van der Waals surface area contributed by atoms with Gasteiger partial charge in [-0.1, -0.05) is 12.2 Å². The van der Waals surface area contributed by atoms with Gasteiger partial charge in [0.15, 0.2) is 0 Å². The van der Waals surface area contributed by atoms with Gasteiger partial charge in [0.05, 0.1) is 18.2 Å². The normalized spacial score (nSPS) is 29.7. The standard InChI is InChI=1S/C15H19N3O3/c19-14(17-4-1-6-18-7-5-16-9-18)12-10-2-3-11(8-10)13(12)15(20)21/h2-3,5,7,9-13H,1,4,6,8H2,(H,17,19)(H,20,21)/t10-,11-,12-,13+/m0/s1. The first-order valence-electron chi connectivity index (χ1n) is 7.31. The SMILES string of the molecule is O=C(NCCCn1ccnc1)[C@@H]1[C@H](C(=O)O)[C@H]2C=C[C@H]1C2. The van der Waals surface area contributed by atoms with Gasteiger partial charge in [-0.05, 0) is 24.7 Å². The molecule has 0 spiro atoms. The van der Waals surface area contributed by atoms with Crippen LogP contribution in [0.3, 0.4) is 0 Å². The van der Waals surface area contributed by atoms with E-state index in [0.29, 0.717) is 6.54 Å². The van der Waals surface area contributed by atoms with E-state index in [4.69, 9.17) is 0 Å². The Balaban J connectivity index is 1.51. The Hall–Kier alpha value is -2.11. The van der Waals surface area contributed by atoms with Crippen LogP contribution in [-0.4, -0.2) is 33.1 Å². The van der Waals surface area contributed by atoms with Gasteiger partial charge in [-0.3, -0.25) is 9.59 Å². The number of aliphatic carboxylic acids is 1. The molecule has 2 N–H and O–H groups in total. The number of nitrogens with one attached hydrogen (secondary N) is 1. The second-order valence-corrected chi connectivity index (χ2v) is 5.78. The van der Waals surface area contributed by atoms with Gasteiger partial charge in [0.2, 0.25) is 5.91 Å². The number of imidazole rings is 1. The molecule has 1 heterocycles. The fourth-order valence-corrected chi connectivity index (χ4v) is 3.53. The lowest BCUT2D eigenvalue weighted by Crippen LogP contribution is -2.40. The van der Waals surface area contributed by atoms with Gasteiger partial charge in [-0.25, -0.2) is 4.98 Å². The summed E-state index contributed by atoms with van der Waals surface area (Å²) in [5.41, 5.74) is 0. The van der Waals surface area contributed by atoms with Crippen LogP contribution in [0.4, 0.5) is 0 Å². The first kappa shape index (κ1) is 13.9. The van der Waals surface area contributed by atoms with E-state index in [2.05, 4.69) is 10.3 Å². The lowest BCUT2D eigenvalue weighted by Gasteiger charge is -2.23. The van der Waals surface area contributed by atoms with Crippen molar-refractivity contribution >= 4 is 11.9 Å². The van der Waals surface area contributed by atoms with Crippen molar-refractivity contribution in [3.8, 4) is 0 Å². The molecule has 6 heteroatoms. The maximum absolute atomic E-state index is 12.3. The fourth-order valence-electron chi connectivity index (χ4n) is 3.53. The maximum Gasteiger partial charge on any atom is 0.307 e. The van der Waals surface area contributed by atoms with Gasteiger partial charge in [-0.15, -0.1) is 0 Å². The monoisotopic (exact) mass is 289 g/mol. The third-order valence-corrected chi connectivity index (χ3v) is 4.50. The smallest absolute Gasteiger partial charge is 0.307 e. The molecule has 1 fully saturated rings. The zero-order valence-electron chi connectivity index (χ0n) is 11.7. The summed E-state index contributed by atoms with van der Waals surface area (Å²) < 4.78 is 1.95. The summed E-state index contributed by atoms with van der Waals surface area (Å²) in [6.07, 6.45) is 10.9. The third kappa shape index (κ3) is 2.70. The van der Waals surface area contributed by atoms with Gasteiger partial charge < -0.3 is 15.0 Å². The number of allylic oxidation sites excluding steroid dienone is 2. The molecular formula is C15H19N3O3. The largest absolute Gasteiger partial charge is 0.481 e. The van der Waals surface area contributed by atoms with E-state index in [-0.39, 0.29) is 17.7 Å². The Labute approximate surface area is 122 Å². The Morgan fingerprint density at radius 2 is 2.05 bits per heavy atom. The van der Waals surface area contributed by atoms with Gasteiger partial charge >= 0.3 is 5.97 Å². The van der Waals surface area contributed by atoms with Crippen LogP contribution in [0, 0.1) is 23.7 Å². The molecule has 4 atom stereocenters. The van der Waals surface area contributed by atoms with Gasteiger partial charge in [0.1, 0.15) is 0 Å². The Bertz CT molecular complexity index is 553. The molecule has 21 heavy (non-hydrogen) atoms. The number of nitrogens with zero attached hydrogens (tertiary/aromatic N) is 2. The van der Waals surface area contributed by atoms with Crippen molar-refractivity contribution in [1.82, 2.24) is 14.9 Å². The topological polar surface area (TPSA) is 84.2 Å². The molecular weight excluding hydrogens is 270 g/mol. The predicted molar refractivity (Wildman–Crippen MR) is 75.2 cm³/mol. The van der Waals surface area contributed by atoms with Crippen LogP contribution >= 0.6 is 0 Å². The van der Waals surface area contributed by atoms with Crippen molar-refractivity contribution in [2.24, 2.45) is 23.7 Å². The zero-order valence-corrected chi connectivity index (χ0v) is 11.7. The minimum absolute atomic E-state index is 0.0224. The van der Waals surface area contributed by atoms with Crippen LogP contribution in [0.25, 0.3) is 0 Å². The van der Waals surface area contributed by atoms with E-state index in [1.165, 1.54) is 0 Å². The van der Waals surface area contributed by atoms with Gasteiger partial charge in [0.25, 0.3) is 0 Å². The summed E-state index contributed by atoms with van der Waals surface area (Å²) in [6.45, 7) is 1.35. The first-order chi connectivity index (χ1) is 10.2. The Morgan fingerprint density at radius 1 is 1.29 bits per heavy atom. The number of carbonyl (C=O) groups excluding carboxylic acids is 1. The molecule has 2 aliphatic carbocycles. The van der Waals surface area contributed by atoms with Crippen molar-refractivity contribution < 1.29 is 14.7 Å². The lowest BCUT2D eigenvalue weighted by molar-refractivity contribution is -0.147. The highest BCUT2D eigenvalue weighted by molar-refractivity contribution is 5.86. The van der Waals surface area contributed by atoms with Crippen molar-refractivity contribution in [2.45, 2.75) is 19.4 Å². The number of hydrogen-bond acceptors (Lipinski definition) is 3. The minimum Gasteiger partial charge on any atom is -0.481 e. The van der Waals surface area contributed by atoms with E-state index in [0.717, 1.165) is 19.4 Å². The first-order valence-corrected chi connectivity index (χ1v) is 7.31. The van der Waals surface area contributed by atoms with Crippen LogP contribution in [0.2, 0.25) is 0 Å². The van der Waals surface area contributed by atoms with Crippen LogP contribution in [-0.2, 0) is 16.1 Å². The zero-order chi connectivity index (χ0) is 14.8. The Morgan fingerprint density at radius 3 is 2.71 bits per heavy atom. The van der Waals surface area contributed by atoms with Crippen molar-refractivity contribution in [1.29, 1.82) is 0 Å². The number of carbonyl (C=O) groups is 2. The number of carboxylic acids is 1. The molecule has 1 saturated carbocycles. The second-order valence-electron chi connectivity index (χ2n) is 5.78. The van der Waals surface area contributed by atoms with E-state index in [1.807, 2.05) is 22.9 Å². The lowest BCUT2D eigenvalue weighted by atomic mass is 9.82. The molecule has 1 aromatic heterocycles. The molecule has 3 rings (SSSR count). The van der Waals surface area contributed by atoms with E-state index in [1.54, 1.807) is 12.5 Å². The van der Waals surface area contributed by atoms with Crippen molar-refractivity contribution in [2.75, 3.05) is 6.54 Å². The van der Waals surface area contributed by atoms with Crippen LogP contribution in [0.1, 0.15) is 12.8 Å². The second kappa shape index (κ2) is 5.71. The van der Waals surface area contributed by atoms with Crippen LogP contribution < -0.4 is 5.32 Å². The number of carboxylic acid groups (broad SMARTS) is 1. The quantitative estimate of drug-likeness (QED) is 0.602. The fraction of sp³-hybridized carbons (Fsp3) is 0.533. The molecule has 0 saturated heterocycles. The van der Waals surface area contributed by atoms with Crippen LogP contribution in [0.15, 0.2) is 30.9 Å². The average Bonchev–Trinajstić information content (AvgIpc) is 3.18. The number of aryl methyl sites for hydroxylation is 1. The van der Waals surface area contributed by atoms with Crippen molar-refractivity contribution in [3.05, 3.63) is 30.9 Å².